The minimum Gasteiger partial charge on any atom is -0.370 e. The Morgan fingerprint density at radius 1 is 1.46 bits per heavy atom. The van der Waals surface area contributed by atoms with Gasteiger partial charge in [0, 0.05) is 56.3 Å². The second-order valence-electron chi connectivity index (χ2n) is 8.73. The molecule has 1 aromatic heterocycles. The van der Waals surface area contributed by atoms with Crippen LogP contribution in [0.1, 0.15) is 44.7 Å². The molecule has 6 nitrogen and oxygen atoms in total. The largest absolute Gasteiger partial charge is 0.370 e. The number of aryl methyl sites for hydroxylation is 1. The maximum absolute atomic E-state index is 12.2. The van der Waals surface area contributed by atoms with Gasteiger partial charge in [0.1, 0.15) is 0 Å². The van der Waals surface area contributed by atoms with E-state index in [1.165, 1.54) is 12.1 Å². The quantitative estimate of drug-likeness (QED) is 0.523. The SMILES string of the molecule is C/C=C/CCCC(=O)NC[C@H]1[C@H]2CN(CCn3nccc3C)C[C@]23CC[C@H]1O3. The number of hydrogen-bond donors (Lipinski definition) is 1. The first-order chi connectivity index (χ1) is 13.6. The van der Waals surface area contributed by atoms with Crippen molar-refractivity contribution in [3.63, 3.8) is 0 Å². The summed E-state index contributed by atoms with van der Waals surface area (Å²) in [6.45, 7) is 8.95. The zero-order chi connectivity index (χ0) is 19.6. The molecule has 0 unspecified atom stereocenters. The molecule has 3 aliphatic heterocycles. The number of allylic oxidation sites excluding steroid dienone is 2. The predicted octanol–water partition coefficient (Wildman–Crippen LogP) is 2.53. The fourth-order valence-corrected chi connectivity index (χ4v) is 5.47. The summed E-state index contributed by atoms with van der Waals surface area (Å²) < 4.78 is 8.59. The number of aromatic nitrogens is 2. The summed E-state index contributed by atoms with van der Waals surface area (Å²) in [6, 6.07) is 2.05. The molecule has 4 heterocycles. The molecule has 1 aromatic rings. The summed E-state index contributed by atoms with van der Waals surface area (Å²) >= 11 is 0. The average Bonchev–Trinajstić information content (AvgIpc) is 3.42. The number of amides is 1. The van der Waals surface area contributed by atoms with Crippen LogP contribution in [0, 0.1) is 18.8 Å². The molecule has 1 spiro atoms. The maximum Gasteiger partial charge on any atom is 0.220 e. The summed E-state index contributed by atoms with van der Waals surface area (Å²) in [7, 11) is 0. The molecule has 0 aliphatic carbocycles. The molecule has 3 fully saturated rings. The van der Waals surface area contributed by atoms with Gasteiger partial charge in [-0.05, 0) is 45.6 Å². The van der Waals surface area contributed by atoms with Crippen LogP contribution in [-0.4, -0.2) is 58.5 Å². The summed E-state index contributed by atoms with van der Waals surface area (Å²) in [4.78, 5) is 14.7. The molecule has 0 aromatic carbocycles. The molecule has 2 bridgehead atoms. The van der Waals surface area contributed by atoms with Gasteiger partial charge in [0.15, 0.2) is 0 Å². The fourth-order valence-electron chi connectivity index (χ4n) is 5.47. The summed E-state index contributed by atoms with van der Waals surface area (Å²) in [5, 5.41) is 7.60. The minimum absolute atomic E-state index is 0.0329. The van der Waals surface area contributed by atoms with Crippen molar-refractivity contribution in [2.24, 2.45) is 11.8 Å². The number of ether oxygens (including phenoxy) is 1. The first-order valence-electron chi connectivity index (χ1n) is 10.9. The number of carbonyl (C=O) groups is 1. The predicted molar refractivity (Wildman–Crippen MR) is 109 cm³/mol. The number of hydrogen-bond acceptors (Lipinski definition) is 4. The minimum atomic E-state index is 0.0329. The van der Waals surface area contributed by atoms with E-state index < -0.39 is 0 Å². The first kappa shape index (κ1) is 19.6. The summed E-state index contributed by atoms with van der Waals surface area (Å²) in [6.07, 6.45) is 11.2. The van der Waals surface area contributed by atoms with Crippen LogP contribution in [0.2, 0.25) is 0 Å². The van der Waals surface area contributed by atoms with Gasteiger partial charge in [-0.1, -0.05) is 12.2 Å². The van der Waals surface area contributed by atoms with E-state index in [0.717, 1.165) is 52.0 Å². The molecule has 1 N–H and O–H groups in total. The highest BCUT2D eigenvalue weighted by atomic mass is 16.5. The first-order valence-corrected chi connectivity index (χ1v) is 10.9. The summed E-state index contributed by atoms with van der Waals surface area (Å²) in [5.74, 6) is 1.20. The normalized spacial score (nSPS) is 31.7. The van der Waals surface area contributed by atoms with Crippen molar-refractivity contribution in [1.82, 2.24) is 20.0 Å². The van der Waals surface area contributed by atoms with Crippen LogP contribution >= 0.6 is 0 Å². The van der Waals surface area contributed by atoms with Crippen molar-refractivity contribution in [2.75, 3.05) is 26.2 Å². The van der Waals surface area contributed by atoms with Crippen molar-refractivity contribution in [1.29, 1.82) is 0 Å². The Morgan fingerprint density at radius 3 is 3.14 bits per heavy atom. The number of nitrogens with one attached hydrogen (secondary N) is 1. The van der Waals surface area contributed by atoms with Crippen molar-refractivity contribution >= 4 is 5.91 Å². The number of fused-ring (bicyclic) bond motifs is 1. The molecule has 6 heteroatoms. The third kappa shape index (κ3) is 3.90. The number of rotatable bonds is 9. The fraction of sp³-hybridized carbons (Fsp3) is 0.727. The molecule has 4 atom stereocenters. The van der Waals surface area contributed by atoms with Crippen LogP contribution in [-0.2, 0) is 16.1 Å². The van der Waals surface area contributed by atoms with Crippen molar-refractivity contribution < 1.29 is 9.53 Å². The molecule has 28 heavy (non-hydrogen) atoms. The number of likely N-dealkylation sites (tertiary alicyclic amines) is 1. The van der Waals surface area contributed by atoms with Crippen LogP contribution in [0.4, 0.5) is 0 Å². The lowest BCUT2D eigenvalue weighted by Crippen LogP contribution is -2.41. The van der Waals surface area contributed by atoms with Gasteiger partial charge in [-0.15, -0.1) is 0 Å². The van der Waals surface area contributed by atoms with Gasteiger partial charge in [0.05, 0.1) is 18.2 Å². The smallest absolute Gasteiger partial charge is 0.220 e. The van der Waals surface area contributed by atoms with E-state index in [0.29, 0.717) is 24.4 Å². The zero-order valence-corrected chi connectivity index (χ0v) is 17.3. The molecule has 154 valence electrons. The van der Waals surface area contributed by atoms with Gasteiger partial charge in [-0.3, -0.25) is 14.4 Å². The summed E-state index contributed by atoms with van der Waals surface area (Å²) in [5.41, 5.74) is 1.25. The average molecular weight is 387 g/mol. The molecular weight excluding hydrogens is 352 g/mol. The van der Waals surface area contributed by atoms with Gasteiger partial charge < -0.3 is 10.1 Å². The van der Waals surface area contributed by atoms with Gasteiger partial charge in [-0.25, -0.2) is 0 Å². The Bertz CT molecular complexity index is 715. The van der Waals surface area contributed by atoms with E-state index >= 15 is 0 Å². The molecule has 0 radical (unpaired) electrons. The number of nitrogens with zero attached hydrogens (tertiary/aromatic N) is 3. The number of unbranched alkanes of at least 4 members (excludes halogenated alkanes) is 1. The molecule has 0 saturated carbocycles. The van der Waals surface area contributed by atoms with Gasteiger partial charge in [0.2, 0.25) is 5.91 Å². The monoisotopic (exact) mass is 386 g/mol. The molecular formula is C22H34N4O2. The highest BCUT2D eigenvalue weighted by molar-refractivity contribution is 5.75. The van der Waals surface area contributed by atoms with Crippen LogP contribution in [0.15, 0.2) is 24.4 Å². The number of carbonyl (C=O) groups excluding carboxylic acids is 1. The van der Waals surface area contributed by atoms with E-state index in [1.807, 2.05) is 19.2 Å². The highest BCUT2D eigenvalue weighted by Crippen LogP contribution is 2.54. The van der Waals surface area contributed by atoms with E-state index in [2.05, 4.69) is 39.1 Å². The maximum atomic E-state index is 12.2. The lowest BCUT2D eigenvalue weighted by molar-refractivity contribution is -0.121. The molecule has 3 saturated heterocycles. The van der Waals surface area contributed by atoms with Crippen molar-refractivity contribution in [3.8, 4) is 0 Å². The third-order valence-electron chi connectivity index (χ3n) is 6.96. The lowest BCUT2D eigenvalue weighted by atomic mass is 9.73. The lowest BCUT2D eigenvalue weighted by Gasteiger charge is -2.29. The third-order valence-corrected chi connectivity index (χ3v) is 6.96. The molecule has 1 amide bonds. The van der Waals surface area contributed by atoms with E-state index in [1.54, 1.807) is 0 Å². The van der Waals surface area contributed by atoms with Gasteiger partial charge >= 0.3 is 0 Å². The molecule has 3 aliphatic rings. The standard InChI is InChI=1S/C22H34N4O2/c1-3-4-5-6-7-21(27)23-14-18-19-15-25(12-13-26-17(2)9-11-24-26)16-22(19)10-8-20(18)28-22/h3-4,9,11,18-20H,5-8,10,12-16H2,1-2H3,(H,23,27)/b4-3+/t18-,19+,20+,22+/m0/s1. The van der Waals surface area contributed by atoms with E-state index in [-0.39, 0.29) is 11.5 Å². The molecule has 4 rings (SSSR count). The van der Waals surface area contributed by atoms with Gasteiger partial charge in [0.25, 0.3) is 0 Å². The van der Waals surface area contributed by atoms with Crippen LogP contribution in [0.25, 0.3) is 0 Å². The van der Waals surface area contributed by atoms with E-state index in [9.17, 15) is 4.79 Å². The topological polar surface area (TPSA) is 59.4 Å². The van der Waals surface area contributed by atoms with Crippen LogP contribution in [0.5, 0.6) is 0 Å². The second-order valence-corrected chi connectivity index (χ2v) is 8.73. The Kier molecular flexibility index (Phi) is 5.88. The van der Waals surface area contributed by atoms with E-state index in [4.69, 9.17) is 4.74 Å². The van der Waals surface area contributed by atoms with Gasteiger partial charge in [-0.2, -0.15) is 5.10 Å². The second kappa shape index (κ2) is 8.37. The Morgan fingerprint density at radius 2 is 2.36 bits per heavy atom. The Hall–Kier alpha value is -1.66. The van der Waals surface area contributed by atoms with Crippen molar-refractivity contribution in [3.05, 3.63) is 30.1 Å². The Balaban J connectivity index is 1.28. The van der Waals surface area contributed by atoms with Crippen LogP contribution < -0.4 is 5.32 Å². The van der Waals surface area contributed by atoms with Crippen LogP contribution in [0.3, 0.4) is 0 Å². The highest BCUT2D eigenvalue weighted by Gasteiger charge is 2.62. The zero-order valence-electron chi connectivity index (χ0n) is 17.3. The van der Waals surface area contributed by atoms with Crippen molar-refractivity contribution in [2.45, 2.75) is 64.2 Å². The Labute approximate surface area is 168 Å².